The third kappa shape index (κ3) is 4.20. The quantitative estimate of drug-likeness (QED) is 0.772. The van der Waals surface area contributed by atoms with Gasteiger partial charge in [-0.3, -0.25) is 4.79 Å². The van der Waals surface area contributed by atoms with Crippen molar-refractivity contribution in [2.24, 2.45) is 0 Å². The van der Waals surface area contributed by atoms with E-state index in [1.54, 1.807) is 13.8 Å². The molecule has 1 rings (SSSR count). The zero-order valence-electron chi connectivity index (χ0n) is 12.2. The van der Waals surface area contributed by atoms with Crippen LogP contribution in [-0.4, -0.2) is 38.4 Å². The average Bonchev–Trinajstić information content (AvgIpc) is 2.43. The number of hydrogen-bond acceptors (Lipinski definition) is 4. The average molecular weight is 339 g/mol. The first-order valence-corrected chi connectivity index (χ1v) is 7.70. The van der Waals surface area contributed by atoms with Gasteiger partial charge in [0.1, 0.15) is 6.54 Å². The van der Waals surface area contributed by atoms with Crippen molar-refractivity contribution in [1.29, 1.82) is 0 Å². The lowest BCUT2D eigenvalue weighted by molar-refractivity contribution is -0.141. The van der Waals surface area contributed by atoms with Gasteiger partial charge in [-0.05, 0) is 38.1 Å². The zero-order valence-corrected chi connectivity index (χ0v) is 13.0. The van der Waals surface area contributed by atoms with Crippen LogP contribution in [0.15, 0.2) is 29.2 Å². The zero-order chi connectivity index (χ0) is 17.1. The van der Waals surface area contributed by atoms with Crippen molar-refractivity contribution in [3.8, 4) is 0 Å². The third-order valence-corrected chi connectivity index (χ3v) is 4.91. The molecule has 0 bridgehead atoms. The Bertz CT molecular complexity index is 624. The summed E-state index contributed by atoms with van der Waals surface area (Å²) in [6, 6.07) is 2.54. The van der Waals surface area contributed by atoms with Crippen LogP contribution in [0.2, 0.25) is 0 Å². The van der Waals surface area contributed by atoms with Crippen molar-refractivity contribution in [2.75, 3.05) is 13.7 Å². The monoisotopic (exact) mass is 339 g/mol. The van der Waals surface area contributed by atoms with Crippen LogP contribution >= 0.6 is 0 Å². The topological polar surface area (TPSA) is 63.7 Å². The highest BCUT2D eigenvalue weighted by Gasteiger charge is 2.33. The van der Waals surface area contributed by atoms with Crippen molar-refractivity contribution < 1.29 is 31.1 Å². The molecule has 0 heterocycles. The molecule has 0 aromatic heterocycles. The fourth-order valence-electron chi connectivity index (χ4n) is 1.69. The Kier molecular flexibility index (Phi) is 5.58. The molecule has 0 spiro atoms. The molecule has 0 N–H and O–H groups in total. The maximum Gasteiger partial charge on any atom is 0.416 e. The standard InChI is InChI=1S/C13H16F3NO4S/c1-9(2)17(8-12(18)21-3)22(19,20)11-6-4-10(5-7-11)13(14,15)16/h4-7,9H,8H2,1-3H3. The molecule has 124 valence electrons. The van der Waals surface area contributed by atoms with E-state index in [1.165, 1.54) is 0 Å². The highest BCUT2D eigenvalue weighted by atomic mass is 32.2. The van der Waals surface area contributed by atoms with Crippen LogP contribution in [0.3, 0.4) is 0 Å². The summed E-state index contributed by atoms with van der Waals surface area (Å²) in [6.45, 7) is 2.58. The van der Waals surface area contributed by atoms with Crippen LogP contribution in [0.25, 0.3) is 0 Å². The number of methoxy groups -OCH3 is 1. The van der Waals surface area contributed by atoms with Crippen LogP contribution in [-0.2, 0) is 25.7 Å². The van der Waals surface area contributed by atoms with E-state index < -0.39 is 40.3 Å². The Morgan fingerprint density at radius 3 is 2.09 bits per heavy atom. The Balaban J connectivity index is 3.17. The first-order valence-electron chi connectivity index (χ1n) is 6.26. The Labute approximate surface area is 126 Å². The molecule has 22 heavy (non-hydrogen) atoms. The van der Waals surface area contributed by atoms with Crippen LogP contribution in [0.1, 0.15) is 19.4 Å². The van der Waals surface area contributed by atoms with Crippen molar-refractivity contribution in [1.82, 2.24) is 4.31 Å². The predicted molar refractivity (Wildman–Crippen MR) is 72.5 cm³/mol. The van der Waals surface area contributed by atoms with Gasteiger partial charge < -0.3 is 4.74 Å². The minimum Gasteiger partial charge on any atom is -0.468 e. The van der Waals surface area contributed by atoms with Gasteiger partial charge in [0, 0.05) is 6.04 Å². The molecular weight excluding hydrogens is 323 g/mol. The largest absolute Gasteiger partial charge is 0.468 e. The van der Waals surface area contributed by atoms with Crippen LogP contribution < -0.4 is 0 Å². The number of sulfonamides is 1. The highest BCUT2D eigenvalue weighted by molar-refractivity contribution is 7.89. The molecule has 0 fully saturated rings. The number of alkyl halides is 3. The summed E-state index contributed by atoms with van der Waals surface area (Å²) in [5, 5.41) is 0. The smallest absolute Gasteiger partial charge is 0.416 e. The van der Waals surface area contributed by atoms with E-state index in [0.29, 0.717) is 12.1 Å². The van der Waals surface area contributed by atoms with Crippen molar-refractivity contribution in [3.05, 3.63) is 29.8 Å². The number of ether oxygens (including phenoxy) is 1. The summed E-state index contributed by atoms with van der Waals surface area (Å²) in [7, 11) is -2.99. The van der Waals surface area contributed by atoms with Gasteiger partial charge >= 0.3 is 12.1 Å². The molecule has 0 atom stereocenters. The first kappa shape index (κ1) is 18.4. The van der Waals surface area contributed by atoms with Crippen molar-refractivity contribution in [2.45, 2.75) is 31.0 Å². The van der Waals surface area contributed by atoms with E-state index in [2.05, 4.69) is 4.74 Å². The number of carbonyl (C=O) groups excluding carboxylic acids is 1. The van der Waals surface area contributed by atoms with E-state index in [-0.39, 0.29) is 4.90 Å². The summed E-state index contributed by atoms with van der Waals surface area (Å²) < 4.78 is 67.6. The van der Waals surface area contributed by atoms with Gasteiger partial charge in [-0.25, -0.2) is 8.42 Å². The number of carbonyl (C=O) groups is 1. The summed E-state index contributed by atoms with van der Waals surface area (Å²) in [5.74, 6) is -0.760. The highest BCUT2D eigenvalue weighted by Crippen LogP contribution is 2.30. The van der Waals surface area contributed by atoms with Crippen LogP contribution in [0, 0.1) is 0 Å². The predicted octanol–water partition coefficient (Wildman–Crippen LogP) is 2.28. The summed E-state index contributed by atoms with van der Waals surface area (Å²) in [5.41, 5.74) is -0.949. The lowest BCUT2D eigenvalue weighted by Gasteiger charge is -2.24. The van der Waals surface area contributed by atoms with Gasteiger partial charge in [-0.1, -0.05) is 0 Å². The molecule has 0 aliphatic rings. The van der Waals surface area contributed by atoms with Gasteiger partial charge in [0.15, 0.2) is 0 Å². The second kappa shape index (κ2) is 6.66. The van der Waals surface area contributed by atoms with E-state index in [0.717, 1.165) is 23.5 Å². The molecule has 0 saturated carbocycles. The Hall–Kier alpha value is -1.61. The number of benzene rings is 1. The Morgan fingerprint density at radius 1 is 1.23 bits per heavy atom. The number of esters is 1. The second-order valence-electron chi connectivity index (χ2n) is 4.74. The van der Waals surface area contributed by atoms with Crippen molar-refractivity contribution >= 4 is 16.0 Å². The molecule has 0 saturated heterocycles. The third-order valence-electron chi connectivity index (χ3n) is 2.88. The lowest BCUT2D eigenvalue weighted by Crippen LogP contribution is -2.41. The number of nitrogens with zero attached hydrogens (tertiary/aromatic N) is 1. The SMILES string of the molecule is COC(=O)CN(C(C)C)S(=O)(=O)c1ccc(C(F)(F)F)cc1. The van der Waals surface area contributed by atoms with Crippen LogP contribution in [0.5, 0.6) is 0 Å². The molecule has 1 aromatic rings. The first-order chi connectivity index (χ1) is 10.00. The molecule has 0 aliphatic heterocycles. The maximum absolute atomic E-state index is 12.5. The summed E-state index contributed by atoms with van der Waals surface area (Å²) in [4.78, 5) is 11.0. The molecule has 5 nitrogen and oxygen atoms in total. The summed E-state index contributed by atoms with van der Waals surface area (Å²) in [6.07, 6.45) is -4.55. The van der Waals surface area contributed by atoms with Gasteiger partial charge in [-0.15, -0.1) is 0 Å². The minimum absolute atomic E-state index is 0.321. The number of hydrogen-bond donors (Lipinski definition) is 0. The fourth-order valence-corrected chi connectivity index (χ4v) is 3.27. The van der Waals surface area contributed by atoms with Crippen molar-refractivity contribution in [3.63, 3.8) is 0 Å². The van der Waals surface area contributed by atoms with Gasteiger partial charge in [-0.2, -0.15) is 17.5 Å². The molecule has 1 aromatic carbocycles. The second-order valence-corrected chi connectivity index (χ2v) is 6.63. The van der Waals surface area contributed by atoms with Gasteiger partial charge in [0.05, 0.1) is 17.6 Å². The molecule has 0 amide bonds. The van der Waals surface area contributed by atoms with Gasteiger partial charge in [0.25, 0.3) is 0 Å². The molecule has 0 aliphatic carbocycles. The Morgan fingerprint density at radius 2 is 1.73 bits per heavy atom. The molecule has 0 unspecified atom stereocenters. The van der Waals surface area contributed by atoms with Crippen LogP contribution in [0.4, 0.5) is 13.2 Å². The molecule has 9 heteroatoms. The number of halogens is 3. The van der Waals surface area contributed by atoms with E-state index in [1.807, 2.05) is 0 Å². The maximum atomic E-state index is 12.5. The minimum atomic E-state index is -4.55. The molecular formula is C13H16F3NO4S. The number of rotatable bonds is 5. The molecule has 0 radical (unpaired) electrons. The van der Waals surface area contributed by atoms with Gasteiger partial charge in [0.2, 0.25) is 10.0 Å². The summed E-state index contributed by atoms with van der Waals surface area (Å²) >= 11 is 0. The normalized spacial score (nSPS) is 12.7. The lowest BCUT2D eigenvalue weighted by atomic mass is 10.2. The fraction of sp³-hybridized carbons (Fsp3) is 0.462. The van der Waals surface area contributed by atoms with E-state index >= 15 is 0 Å². The van der Waals surface area contributed by atoms with E-state index in [4.69, 9.17) is 0 Å². The van der Waals surface area contributed by atoms with E-state index in [9.17, 15) is 26.4 Å².